The predicted octanol–water partition coefficient (Wildman–Crippen LogP) is 9.32. The Balaban J connectivity index is 0.000000140. The fraction of sp³-hybridized carbons (Fsp3) is 0. The van der Waals surface area contributed by atoms with Crippen LogP contribution in [0.4, 0.5) is 11.4 Å². The van der Waals surface area contributed by atoms with Crippen LogP contribution in [0.25, 0.3) is 62.9 Å². The molecule has 218 valence electrons. The van der Waals surface area contributed by atoms with Crippen molar-refractivity contribution in [3.05, 3.63) is 121 Å². The van der Waals surface area contributed by atoms with Gasteiger partial charge in [-0.1, -0.05) is 36.4 Å². The van der Waals surface area contributed by atoms with Crippen molar-refractivity contribution < 1.29 is 9.21 Å². The van der Waals surface area contributed by atoms with Gasteiger partial charge in [0.25, 0.3) is 5.91 Å². The van der Waals surface area contributed by atoms with Gasteiger partial charge in [0.05, 0.1) is 29.7 Å². The van der Waals surface area contributed by atoms with Crippen molar-refractivity contribution in [2.75, 3.05) is 11.1 Å². The SMILES string of the molecule is Nc1cc(-c2cc3ccccc3s2)c2[nH]ncc2c1.O=C(Nc1cc(-c2cc3ccccc3s2)c2[nH]ncc2c1)c1ccco1. The first kappa shape index (κ1) is 26.9. The van der Waals surface area contributed by atoms with E-state index in [0.717, 1.165) is 43.5 Å². The maximum atomic E-state index is 12.3. The van der Waals surface area contributed by atoms with Crippen molar-refractivity contribution in [3.63, 3.8) is 0 Å². The van der Waals surface area contributed by atoms with Gasteiger partial charge in [-0.15, -0.1) is 22.7 Å². The molecule has 0 atom stereocenters. The molecule has 0 saturated carbocycles. The van der Waals surface area contributed by atoms with Gasteiger partial charge in [0.15, 0.2) is 5.76 Å². The number of hydrogen-bond donors (Lipinski definition) is 4. The van der Waals surface area contributed by atoms with E-state index in [9.17, 15) is 4.79 Å². The molecule has 8 nitrogen and oxygen atoms in total. The summed E-state index contributed by atoms with van der Waals surface area (Å²) >= 11 is 3.49. The summed E-state index contributed by atoms with van der Waals surface area (Å²) in [5.41, 5.74) is 11.6. The summed E-state index contributed by atoms with van der Waals surface area (Å²) in [6.45, 7) is 0. The molecule has 45 heavy (non-hydrogen) atoms. The third-order valence-corrected chi connectivity index (χ3v) is 9.80. The molecule has 1 amide bonds. The van der Waals surface area contributed by atoms with E-state index >= 15 is 0 Å². The van der Waals surface area contributed by atoms with Gasteiger partial charge in [0.2, 0.25) is 0 Å². The molecule has 0 aliphatic carbocycles. The first-order valence-corrected chi connectivity index (χ1v) is 15.7. The van der Waals surface area contributed by atoms with Crippen LogP contribution in [0.5, 0.6) is 0 Å². The fourth-order valence-electron chi connectivity index (χ4n) is 5.43. The number of thiophene rings is 2. The van der Waals surface area contributed by atoms with Crippen molar-refractivity contribution in [1.29, 1.82) is 0 Å². The van der Waals surface area contributed by atoms with Crippen molar-refractivity contribution in [3.8, 4) is 20.9 Å². The Kier molecular flexibility index (Phi) is 6.63. The molecule has 0 saturated heterocycles. The Hall–Kier alpha value is -5.71. The number of rotatable bonds is 4. The van der Waals surface area contributed by atoms with Crippen molar-refractivity contribution in [2.24, 2.45) is 0 Å². The molecule has 0 unspecified atom stereocenters. The van der Waals surface area contributed by atoms with Gasteiger partial charge in [0.1, 0.15) is 0 Å². The van der Waals surface area contributed by atoms with E-state index in [-0.39, 0.29) is 11.7 Å². The number of nitrogen functional groups attached to an aromatic ring is 1. The van der Waals surface area contributed by atoms with Crippen LogP contribution < -0.4 is 11.1 Å². The first-order chi connectivity index (χ1) is 22.1. The number of H-pyrrole nitrogens is 2. The number of anilines is 2. The van der Waals surface area contributed by atoms with Crippen LogP contribution in [0.15, 0.2) is 120 Å². The zero-order valence-corrected chi connectivity index (χ0v) is 25.2. The van der Waals surface area contributed by atoms with Crippen LogP contribution in [0.3, 0.4) is 0 Å². The highest BCUT2D eigenvalue weighted by Crippen LogP contribution is 2.39. The van der Waals surface area contributed by atoms with E-state index in [1.807, 2.05) is 42.6 Å². The Bertz CT molecular complexity index is 2400. The predicted molar refractivity (Wildman–Crippen MR) is 185 cm³/mol. The quantitative estimate of drug-likeness (QED) is 0.145. The molecule has 0 radical (unpaired) electrons. The topological polar surface area (TPSA) is 126 Å². The second-order valence-corrected chi connectivity index (χ2v) is 12.7. The van der Waals surface area contributed by atoms with Gasteiger partial charge < -0.3 is 15.5 Å². The number of carbonyl (C=O) groups is 1. The lowest BCUT2D eigenvalue weighted by atomic mass is 10.1. The molecule has 9 aromatic rings. The monoisotopic (exact) mass is 624 g/mol. The summed E-state index contributed by atoms with van der Waals surface area (Å²) < 4.78 is 7.67. The van der Waals surface area contributed by atoms with Crippen LogP contribution in [-0.2, 0) is 0 Å². The molecule has 0 spiro atoms. The summed E-state index contributed by atoms with van der Waals surface area (Å²) in [6.07, 6.45) is 5.05. The number of nitrogens with two attached hydrogens (primary N) is 1. The number of aromatic nitrogens is 4. The smallest absolute Gasteiger partial charge is 0.291 e. The second-order valence-electron chi connectivity index (χ2n) is 10.5. The number of aromatic amines is 2. The van der Waals surface area contributed by atoms with Gasteiger partial charge in [0, 0.05) is 52.4 Å². The normalized spacial score (nSPS) is 11.3. The lowest BCUT2D eigenvalue weighted by Crippen LogP contribution is -2.10. The van der Waals surface area contributed by atoms with Crippen LogP contribution in [0.1, 0.15) is 10.6 Å². The number of carbonyl (C=O) groups excluding carboxylic acids is 1. The summed E-state index contributed by atoms with van der Waals surface area (Å²) in [4.78, 5) is 14.6. The van der Waals surface area contributed by atoms with Crippen LogP contribution in [0, 0.1) is 0 Å². The maximum absolute atomic E-state index is 12.3. The Morgan fingerprint density at radius 2 is 1.29 bits per heavy atom. The number of hydrogen-bond acceptors (Lipinski definition) is 7. The summed E-state index contributed by atoms with van der Waals surface area (Å²) in [5.74, 6) is 0.000776. The average Bonchev–Trinajstić information content (AvgIpc) is 3.88. The molecule has 0 bridgehead atoms. The molecule has 5 aromatic heterocycles. The number of fused-ring (bicyclic) bond motifs is 4. The summed E-state index contributed by atoms with van der Waals surface area (Å²) in [7, 11) is 0. The molecular formula is C35H24N6O2S2. The van der Waals surface area contributed by atoms with Gasteiger partial charge in [-0.2, -0.15) is 10.2 Å². The van der Waals surface area contributed by atoms with Crippen molar-refractivity contribution in [1.82, 2.24) is 20.4 Å². The van der Waals surface area contributed by atoms with E-state index in [2.05, 4.69) is 74.2 Å². The minimum Gasteiger partial charge on any atom is -0.459 e. The molecule has 5 heterocycles. The average molecular weight is 625 g/mol. The molecule has 0 aliphatic heterocycles. The zero-order chi connectivity index (χ0) is 30.3. The van der Waals surface area contributed by atoms with E-state index < -0.39 is 0 Å². The van der Waals surface area contributed by atoms with E-state index in [0.29, 0.717) is 5.69 Å². The second kappa shape index (κ2) is 11.1. The summed E-state index contributed by atoms with van der Waals surface area (Å²) in [5, 5.41) is 21.7. The highest BCUT2D eigenvalue weighted by molar-refractivity contribution is 7.22. The Morgan fingerprint density at radius 1 is 0.689 bits per heavy atom. The Morgan fingerprint density at radius 3 is 1.89 bits per heavy atom. The highest BCUT2D eigenvalue weighted by atomic mass is 32.1. The van der Waals surface area contributed by atoms with Crippen LogP contribution in [0.2, 0.25) is 0 Å². The van der Waals surface area contributed by atoms with Crippen LogP contribution >= 0.6 is 22.7 Å². The number of amides is 1. The number of nitrogens with one attached hydrogen (secondary N) is 3. The van der Waals surface area contributed by atoms with E-state index in [1.165, 1.54) is 31.3 Å². The van der Waals surface area contributed by atoms with E-state index in [1.54, 1.807) is 41.0 Å². The fourth-order valence-corrected chi connectivity index (χ4v) is 7.60. The molecule has 0 aliphatic rings. The third kappa shape index (κ3) is 5.12. The first-order valence-electron chi connectivity index (χ1n) is 14.1. The minimum absolute atomic E-state index is 0.278. The largest absolute Gasteiger partial charge is 0.459 e. The minimum atomic E-state index is -0.278. The maximum Gasteiger partial charge on any atom is 0.291 e. The lowest BCUT2D eigenvalue weighted by molar-refractivity contribution is 0.0996. The molecule has 9 rings (SSSR count). The number of nitrogens with zero attached hydrogens (tertiary/aromatic N) is 2. The number of benzene rings is 4. The standard InChI is InChI=1S/C20H13N3O2S.C15H11N3S/c24-20(16-5-3-7-25-16)22-14-8-13-11-21-23-19(13)15(10-14)18-9-12-4-1-2-6-17(12)26-18;16-11-5-10-8-17-18-15(10)12(7-11)14-6-9-3-1-2-4-13(9)19-14/h1-11H,(H,21,23)(H,22,24);1-8H,16H2,(H,17,18). The molecule has 0 fully saturated rings. The lowest BCUT2D eigenvalue weighted by Gasteiger charge is -2.07. The van der Waals surface area contributed by atoms with Crippen LogP contribution in [-0.4, -0.2) is 26.3 Å². The number of furan rings is 1. The third-order valence-electron chi connectivity index (χ3n) is 7.50. The molecular weight excluding hydrogens is 601 g/mol. The molecule has 10 heteroatoms. The Labute approximate surface area is 264 Å². The highest BCUT2D eigenvalue weighted by Gasteiger charge is 2.15. The van der Waals surface area contributed by atoms with Gasteiger partial charge in [-0.05, 0) is 71.4 Å². The van der Waals surface area contributed by atoms with Crippen molar-refractivity contribution in [2.45, 2.75) is 0 Å². The molecule has 4 aromatic carbocycles. The van der Waals surface area contributed by atoms with Crippen molar-refractivity contribution >= 4 is 81.9 Å². The zero-order valence-electron chi connectivity index (χ0n) is 23.6. The van der Waals surface area contributed by atoms with E-state index in [4.69, 9.17) is 10.2 Å². The van der Waals surface area contributed by atoms with Gasteiger partial charge in [-0.3, -0.25) is 15.0 Å². The summed E-state index contributed by atoms with van der Waals surface area (Å²) in [6, 6.07) is 32.2. The van der Waals surface area contributed by atoms with Gasteiger partial charge in [-0.25, -0.2) is 0 Å². The van der Waals surface area contributed by atoms with Gasteiger partial charge >= 0.3 is 0 Å². The molecule has 5 N–H and O–H groups in total.